The third-order valence-electron chi connectivity index (χ3n) is 10.4. The van der Waals surface area contributed by atoms with Gasteiger partial charge in [0, 0.05) is 57.4 Å². The van der Waals surface area contributed by atoms with Crippen LogP contribution in [0.15, 0.2) is 23.0 Å². The minimum atomic E-state index is -1.22. The van der Waals surface area contributed by atoms with E-state index in [0.29, 0.717) is 56.5 Å². The van der Waals surface area contributed by atoms with Crippen LogP contribution in [0.4, 0.5) is 41.1 Å². The van der Waals surface area contributed by atoms with Crippen LogP contribution in [0.1, 0.15) is 42.7 Å². The van der Waals surface area contributed by atoms with Gasteiger partial charge in [-0.3, -0.25) is 14.5 Å². The normalized spacial score (nSPS) is 19.7. The first-order chi connectivity index (χ1) is 27.4. The van der Waals surface area contributed by atoms with Crippen molar-refractivity contribution in [3.63, 3.8) is 0 Å². The van der Waals surface area contributed by atoms with Gasteiger partial charge < -0.3 is 49.1 Å². The highest BCUT2D eigenvalue weighted by atomic mass is 19.1. The Morgan fingerprint density at radius 3 is 2.47 bits per heavy atom. The summed E-state index contributed by atoms with van der Waals surface area (Å²) in [6, 6.07) is 4.37. The molecule has 3 saturated heterocycles. The number of cyclic esters (lactones) is 1. The fourth-order valence-electron chi connectivity index (χ4n) is 7.38. The number of nitrogens with zero attached hydrogens (tertiary/aromatic N) is 4. The number of benzene rings is 2. The fourth-order valence-corrected chi connectivity index (χ4v) is 7.38. The molecule has 1 unspecified atom stereocenters. The quantitative estimate of drug-likeness (QED) is 0.189. The van der Waals surface area contributed by atoms with E-state index >= 15 is 8.78 Å². The van der Waals surface area contributed by atoms with Crippen molar-refractivity contribution in [2.45, 2.75) is 51.8 Å². The van der Waals surface area contributed by atoms with Gasteiger partial charge in [-0.15, -0.1) is 0 Å². The van der Waals surface area contributed by atoms with Crippen LogP contribution >= 0.6 is 0 Å². The number of H-pyrrole nitrogens is 1. The van der Waals surface area contributed by atoms with Crippen molar-refractivity contribution >= 4 is 57.7 Å². The molecule has 0 radical (unpaired) electrons. The number of fused-ring (bicyclic) bond motifs is 1. The third-order valence-corrected chi connectivity index (χ3v) is 10.4. The number of ether oxygens (including phenoxy) is 5. The number of carbonyl (C=O) groups excluding carboxylic acids is 4. The van der Waals surface area contributed by atoms with Crippen LogP contribution in [-0.4, -0.2) is 125 Å². The Hall–Kier alpha value is -5.69. The number of halogens is 2. The molecule has 57 heavy (non-hydrogen) atoms. The van der Waals surface area contributed by atoms with Crippen LogP contribution < -0.4 is 35.5 Å². The number of nitrogens with one attached hydrogen (secondary N) is 3. The molecule has 7 rings (SSSR count). The van der Waals surface area contributed by atoms with Crippen LogP contribution in [-0.2, 0) is 23.7 Å². The first-order valence-electron chi connectivity index (χ1n) is 18.8. The summed E-state index contributed by atoms with van der Waals surface area (Å²) >= 11 is 0. The van der Waals surface area contributed by atoms with Crippen molar-refractivity contribution in [2.24, 2.45) is 0 Å². The standard InChI is InChI=1S/C38H45F2N7O10/c1-20-16-45(10-9-41-20)33-30(40)31(43-23-5-6-23)29-32(35(33)53-4)42-21(2)28(34(29)49)36(50)55-19-56-37(51)46(22(3)48)17-25-18-47(38(52)57-25)24-7-8-27(26(39)15-24)44-11-13-54-14-12-44/h7-8,15,20,23,25,41,43H,5-6,9-14,16-19H2,1-4H3,(H,42,49)/t20?,25-/m0/s1. The highest BCUT2D eigenvalue weighted by Crippen LogP contribution is 2.44. The summed E-state index contributed by atoms with van der Waals surface area (Å²) in [6.07, 6.45) is -1.46. The second-order valence-electron chi connectivity index (χ2n) is 14.4. The summed E-state index contributed by atoms with van der Waals surface area (Å²) in [4.78, 5) is 74.4. The Kier molecular flexibility index (Phi) is 11.4. The minimum Gasteiger partial charge on any atom is -0.492 e. The van der Waals surface area contributed by atoms with E-state index in [2.05, 4.69) is 15.6 Å². The number of rotatable bonds is 11. The Bertz CT molecular complexity index is 2140. The van der Waals surface area contributed by atoms with Crippen LogP contribution in [0.3, 0.4) is 0 Å². The summed E-state index contributed by atoms with van der Waals surface area (Å²) in [7, 11) is 1.38. The van der Waals surface area contributed by atoms with Gasteiger partial charge in [0.05, 0.1) is 61.4 Å². The number of piperazine rings is 1. The molecule has 4 heterocycles. The van der Waals surface area contributed by atoms with E-state index in [0.717, 1.165) is 19.8 Å². The molecule has 3 aliphatic heterocycles. The van der Waals surface area contributed by atoms with Crippen molar-refractivity contribution in [3.05, 3.63) is 51.3 Å². The Morgan fingerprint density at radius 1 is 1.05 bits per heavy atom. The van der Waals surface area contributed by atoms with Gasteiger partial charge in [-0.05, 0) is 44.9 Å². The maximum atomic E-state index is 16.6. The van der Waals surface area contributed by atoms with E-state index in [-0.39, 0.29) is 58.0 Å². The summed E-state index contributed by atoms with van der Waals surface area (Å²) < 4.78 is 58.3. The average molecular weight is 798 g/mol. The van der Waals surface area contributed by atoms with Crippen LogP contribution in [0.5, 0.6) is 5.75 Å². The number of aromatic amines is 1. The van der Waals surface area contributed by atoms with Crippen molar-refractivity contribution in [1.82, 2.24) is 15.2 Å². The largest absolute Gasteiger partial charge is 0.492 e. The summed E-state index contributed by atoms with van der Waals surface area (Å²) in [5.74, 6) is -3.03. The molecule has 0 bridgehead atoms. The van der Waals surface area contributed by atoms with E-state index in [4.69, 9.17) is 23.7 Å². The molecule has 1 aromatic heterocycles. The molecule has 2 aromatic carbocycles. The maximum Gasteiger partial charge on any atom is 0.419 e. The fraction of sp³-hybridized carbons (Fsp3) is 0.500. The Balaban J connectivity index is 1.03. The molecule has 1 saturated carbocycles. The molecule has 4 aliphatic rings. The van der Waals surface area contributed by atoms with E-state index in [9.17, 15) is 24.0 Å². The minimum absolute atomic E-state index is 0.0587. The molecule has 0 spiro atoms. The smallest absolute Gasteiger partial charge is 0.419 e. The average Bonchev–Trinajstić information content (AvgIpc) is 3.93. The number of aromatic nitrogens is 1. The summed E-state index contributed by atoms with van der Waals surface area (Å²) in [5.41, 5.74) is -0.241. The first-order valence-corrected chi connectivity index (χ1v) is 18.8. The molecule has 19 heteroatoms. The molecule has 1 aliphatic carbocycles. The van der Waals surface area contributed by atoms with Gasteiger partial charge in [0.15, 0.2) is 11.6 Å². The summed E-state index contributed by atoms with van der Waals surface area (Å²) in [5, 5.41) is 6.33. The highest BCUT2D eigenvalue weighted by molar-refractivity contribution is 6.04. The second kappa shape index (κ2) is 16.4. The predicted octanol–water partition coefficient (Wildman–Crippen LogP) is 3.46. The molecular formula is C38H45F2N7O10. The van der Waals surface area contributed by atoms with Crippen molar-refractivity contribution in [1.29, 1.82) is 0 Å². The van der Waals surface area contributed by atoms with Crippen LogP contribution in [0.2, 0.25) is 0 Å². The number of methoxy groups -OCH3 is 1. The Morgan fingerprint density at radius 2 is 1.81 bits per heavy atom. The molecular weight excluding hydrogens is 752 g/mol. The molecule has 3 aromatic rings. The maximum absolute atomic E-state index is 16.6. The number of aryl methyl sites for hydroxylation is 1. The number of hydrogen-bond acceptors (Lipinski definition) is 14. The van der Waals surface area contributed by atoms with Gasteiger partial charge in [-0.25, -0.2) is 28.1 Å². The van der Waals surface area contributed by atoms with E-state index in [1.165, 1.54) is 25.0 Å². The second-order valence-corrected chi connectivity index (χ2v) is 14.4. The third kappa shape index (κ3) is 8.11. The van der Waals surface area contributed by atoms with E-state index in [1.807, 2.05) is 16.7 Å². The lowest BCUT2D eigenvalue weighted by molar-refractivity contribution is -0.128. The topological polar surface area (TPSA) is 184 Å². The van der Waals surface area contributed by atoms with Crippen LogP contribution in [0.25, 0.3) is 10.9 Å². The molecule has 3 amide bonds. The van der Waals surface area contributed by atoms with Crippen molar-refractivity contribution in [2.75, 3.05) is 92.9 Å². The van der Waals surface area contributed by atoms with E-state index < -0.39 is 66.1 Å². The summed E-state index contributed by atoms with van der Waals surface area (Å²) in [6.45, 7) is 6.62. The highest BCUT2D eigenvalue weighted by Gasteiger charge is 2.37. The number of hydrogen-bond donors (Lipinski definition) is 3. The molecule has 306 valence electrons. The van der Waals surface area contributed by atoms with Gasteiger partial charge in [0.25, 0.3) is 0 Å². The number of esters is 1. The molecule has 17 nitrogen and oxygen atoms in total. The first kappa shape index (κ1) is 39.5. The molecule has 2 atom stereocenters. The Labute approximate surface area is 326 Å². The monoisotopic (exact) mass is 797 g/mol. The lowest BCUT2D eigenvalue weighted by Crippen LogP contribution is -2.49. The van der Waals surface area contributed by atoms with E-state index in [1.54, 1.807) is 12.1 Å². The predicted molar refractivity (Wildman–Crippen MR) is 203 cm³/mol. The van der Waals surface area contributed by atoms with Gasteiger partial charge in [-0.1, -0.05) is 0 Å². The number of morpholine rings is 1. The number of pyridine rings is 1. The lowest BCUT2D eigenvalue weighted by Gasteiger charge is -2.35. The zero-order chi connectivity index (χ0) is 40.5. The SMILES string of the molecule is COc1c(N2CCNC(C)C2)c(F)c(NC2CC2)c2c(=O)c(C(=O)OCOC(=O)N(C[C@H]3CN(c4ccc(N5CCOCC5)c(F)c4)C(=O)O3)C(C)=O)c(C)[nH]c12. The zero-order valence-electron chi connectivity index (χ0n) is 32.1. The number of amides is 3. The van der Waals surface area contributed by atoms with Crippen molar-refractivity contribution < 1.29 is 51.6 Å². The number of imide groups is 1. The van der Waals surface area contributed by atoms with Gasteiger partial charge >= 0.3 is 18.2 Å². The van der Waals surface area contributed by atoms with Crippen molar-refractivity contribution in [3.8, 4) is 5.75 Å². The van der Waals surface area contributed by atoms with Crippen LogP contribution in [0, 0.1) is 18.6 Å². The zero-order valence-corrected chi connectivity index (χ0v) is 32.1. The van der Waals surface area contributed by atoms with Gasteiger partial charge in [-0.2, -0.15) is 0 Å². The molecule has 4 fully saturated rings. The lowest BCUT2D eigenvalue weighted by atomic mass is 10.0. The number of anilines is 4. The van der Waals surface area contributed by atoms with Gasteiger partial charge in [0.2, 0.25) is 18.1 Å². The van der Waals surface area contributed by atoms with Gasteiger partial charge in [0.1, 0.15) is 23.2 Å². The number of carbonyl (C=O) groups is 4. The molecule has 3 N–H and O–H groups in total.